The lowest BCUT2D eigenvalue weighted by Crippen LogP contribution is -2.19. The average Bonchev–Trinajstić information content (AvgIpc) is 3.06. The van der Waals surface area contributed by atoms with Crippen molar-refractivity contribution in [3.63, 3.8) is 0 Å². The van der Waals surface area contributed by atoms with Gasteiger partial charge >= 0.3 is 5.91 Å². The molecule has 2 heterocycles. The van der Waals surface area contributed by atoms with Gasteiger partial charge in [-0.05, 0) is 57.5 Å². The van der Waals surface area contributed by atoms with Crippen LogP contribution in [0.4, 0.5) is 0 Å². The van der Waals surface area contributed by atoms with Gasteiger partial charge < -0.3 is 9.47 Å². The number of nitrogens with zero attached hydrogens (tertiary/aromatic N) is 5. The number of aromatic nitrogens is 4. The molecule has 0 fully saturated rings. The smallest absolute Gasteiger partial charge is 0.311 e. The summed E-state index contributed by atoms with van der Waals surface area (Å²) in [6, 6.07) is 7.24. The summed E-state index contributed by atoms with van der Waals surface area (Å²) in [4.78, 5) is 20.7. The van der Waals surface area contributed by atoms with Gasteiger partial charge in [0, 0.05) is 11.4 Å². The van der Waals surface area contributed by atoms with E-state index in [1.54, 1.807) is 19.2 Å². The van der Waals surface area contributed by atoms with Crippen LogP contribution in [0.2, 0.25) is 0 Å². The third-order valence-corrected chi connectivity index (χ3v) is 3.75. The summed E-state index contributed by atoms with van der Waals surface area (Å²) in [6.07, 6.45) is 1.54. The van der Waals surface area contributed by atoms with E-state index in [1.807, 2.05) is 39.8 Å². The van der Waals surface area contributed by atoms with E-state index in [0.717, 1.165) is 17.0 Å². The number of ether oxygens (including phenoxy) is 2. The zero-order valence-corrected chi connectivity index (χ0v) is 16.4. The van der Waals surface area contributed by atoms with Crippen LogP contribution >= 0.6 is 0 Å². The first kappa shape index (κ1) is 19.3. The Hall–Kier alpha value is -3.49. The Bertz CT molecular complexity index is 1040. The lowest BCUT2D eigenvalue weighted by molar-refractivity contribution is 0.0945. The van der Waals surface area contributed by atoms with Crippen molar-refractivity contribution in [3.05, 3.63) is 47.0 Å². The molecule has 9 heteroatoms. The fourth-order valence-electron chi connectivity index (χ4n) is 2.59. The maximum atomic E-state index is 12.3. The number of hydrazone groups is 1. The SMILES string of the molecule is COc1cc(/C=N/NC(=O)c2nc3nc(C)cc(C)n3n2)ccc1OC(C)C. The topological polar surface area (TPSA) is 103 Å². The molecular weight excluding hydrogens is 360 g/mol. The molecular formula is C19H22N6O3. The second kappa shape index (κ2) is 8.03. The van der Waals surface area contributed by atoms with Gasteiger partial charge in [-0.3, -0.25) is 4.79 Å². The zero-order chi connectivity index (χ0) is 20.3. The molecule has 0 saturated heterocycles. The Kier molecular flexibility index (Phi) is 5.53. The highest BCUT2D eigenvalue weighted by Gasteiger charge is 2.14. The zero-order valence-electron chi connectivity index (χ0n) is 16.4. The Morgan fingerprint density at radius 1 is 1.21 bits per heavy atom. The van der Waals surface area contributed by atoms with Crippen LogP contribution in [-0.4, -0.2) is 44.9 Å². The summed E-state index contributed by atoms with van der Waals surface area (Å²) in [5.41, 5.74) is 4.81. The molecule has 1 amide bonds. The third kappa shape index (κ3) is 4.25. The summed E-state index contributed by atoms with van der Waals surface area (Å²) in [5.74, 6) is 1.08. The van der Waals surface area contributed by atoms with E-state index in [0.29, 0.717) is 17.3 Å². The van der Waals surface area contributed by atoms with Crippen LogP contribution in [0.1, 0.15) is 41.4 Å². The maximum absolute atomic E-state index is 12.3. The molecule has 0 spiro atoms. The molecule has 9 nitrogen and oxygen atoms in total. The summed E-state index contributed by atoms with van der Waals surface area (Å²) >= 11 is 0. The van der Waals surface area contributed by atoms with E-state index in [2.05, 4.69) is 25.6 Å². The Morgan fingerprint density at radius 2 is 2.00 bits per heavy atom. The van der Waals surface area contributed by atoms with Gasteiger partial charge in [-0.25, -0.2) is 14.9 Å². The number of nitrogens with one attached hydrogen (secondary N) is 1. The molecule has 1 N–H and O–H groups in total. The quantitative estimate of drug-likeness (QED) is 0.518. The van der Waals surface area contributed by atoms with Crippen molar-refractivity contribution in [2.75, 3.05) is 7.11 Å². The molecule has 1 aromatic carbocycles. The maximum Gasteiger partial charge on any atom is 0.311 e. The second-order valence-electron chi connectivity index (χ2n) is 6.46. The van der Waals surface area contributed by atoms with Gasteiger partial charge in [-0.1, -0.05) is 0 Å². The first-order valence-electron chi connectivity index (χ1n) is 8.76. The second-order valence-corrected chi connectivity index (χ2v) is 6.46. The highest BCUT2D eigenvalue weighted by molar-refractivity contribution is 5.91. The van der Waals surface area contributed by atoms with Gasteiger partial charge in [0.2, 0.25) is 5.82 Å². The fourth-order valence-corrected chi connectivity index (χ4v) is 2.59. The molecule has 0 atom stereocenters. The van der Waals surface area contributed by atoms with Crippen LogP contribution in [-0.2, 0) is 0 Å². The number of benzene rings is 1. The highest BCUT2D eigenvalue weighted by atomic mass is 16.5. The fraction of sp³-hybridized carbons (Fsp3) is 0.316. The molecule has 146 valence electrons. The highest BCUT2D eigenvalue weighted by Crippen LogP contribution is 2.28. The molecule has 0 saturated carbocycles. The standard InChI is InChI=1S/C19H22N6O3/c1-11(2)28-15-7-6-14(9-16(15)27-5)10-20-23-18(26)17-22-19-21-12(3)8-13(4)25(19)24-17/h6-11H,1-5H3,(H,23,26)/b20-10+. The van der Waals surface area contributed by atoms with Gasteiger partial charge in [0.15, 0.2) is 11.5 Å². The van der Waals surface area contributed by atoms with Crippen LogP contribution in [0, 0.1) is 13.8 Å². The number of carbonyl (C=O) groups excluding carboxylic acids is 1. The van der Waals surface area contributed by atoms with Crippen molar-refractivity contribution < 1.29 is 14.3 Å². The summed E-state index contributed by atoms with van der Waals surface area (Å²) in [5, 5.41) is 8.13. The van der Waals surface area contributed by atoms with E-state index in [-0.39, 0.29) is 11.9 Å². The molecule has 0 unspecified atom stereocenters. The minimum Gasteiger partial charge on any atom is -0.493 e. The van der Waals surface area contributed by atoms with E-state index < -0.39 is 5.91 Å². The Morgan fingerprint density at radius 3 is 2.71 bits per heavy atom. The number of carbonyl (C=O) groups is 1. The molecule has 0 bridgehead atoms. The minimum absolute atomic E-state index is 0.00314. The number of methoxy groups -OCH3 is 1. The molecule has 0 aliphatic heterocycles. The van der Waals surface area contributed by atoms with Gasteiger partial charge in [-0.2, -0.15) is 10.1 Å². The molecule has 28 heavy (non-hydrogen) atoms. The number of hydrogen-bond donors (Lipinski definition) is 1. The molecule has 3 aromatic rings. The van der Waals surface area contributed by atoms with Crippen LogP contribution in [0.25, 0.3) is 5.78 Å². The van der Waals surface area contributed by atoms with Gasteiger partial charge in [0.25, 0.3) is 5.78 Å². The van der Waals surface area contributed by atoms with Crippen molar-refractivity contribution in [3.8, 4) is 11.5 Å². The largest absolute Gasteiger partial charge is 0.493 e. The van der Waals surface area contributed by atoms with E-state index >= 15 is 0 Å². The Labute approximate surface area is 162 Å². The van der Waals surface area contributed by atoms with Gasteiger partial charge in [0.05, 0.1) is 19.4 Å². The summed E-state index contributed by atoms with van der Waals surface area (Å²) in [6.45, 7) is 7.61. The van der Waals surface area contributed by atoms with Crippen molar-refractivity contribution >= 4 is 17.9 Å². The summed E-state index contributed by atoms with van der Waals surface area (Å²) < 4.78 is 12.5. The van der Waals surface area contributed by atoms with Crippen molar-refractivity contribution in [2.45, 2.75) is 33.8 Å². The number of rotatable bonds is 6. The minimum atomic E-state index is -0.523. The van der Waals surface area contributed by atoms with Crippen molar-refractivity contribution in [1.29, 1.82) is 0 Å². The Balaban J connectivity index is 1.72. The van der Waals surface area contributed by atoms with E-state index in [1.165, 1.54) is 10.7 Å². The number of aryl methyl sites for hydroxylation is 2. The van der Waals surface area contributed by atoms with E-state index in [4.69, 9.17) is 9.47 Å². The van der Waals surface area contributed by atoms with E-state index in [9.17, 15) is 4.79 Å². The van der Waals surface area contributed by atoms with Crippen molar-refractivity contribution in [2.24, 2.45) is 5.10 Å². The number of hydrogen-bond acceptors (Lipinski definition) is 7. The first-order chi connectivity index (χ1) is 13.4. The average molecular weight is 382 g/mol. The summed E-state index contributed by atoms with van der Waals surface area (Å²) in [7, 11) is 1.57. The predicted octanol–water partition coefficient (Wildman–Crippen LogP) is 2.30. The van der Waals surface area contributed by atoms with Crippen LogP contribution in [0.5, 0.6) is 11.5 Å². The monoisotopic (exact) mass is 382 g/mol. The predicted molar refractivity (Wildman–Crippen MR) is 104 cm³/mol. The molecule has 0 aliphatic carbocycles. The van der Waals surface area contributed by atoms with Gasteiger partial charge in [-0.15, -0.1) is 5.10 Å². The molecule has 0 radical (unpaired) electrons. The molecule has 3 rings (SSSR count). The third-order valence-electron chi connectivity index (χ3n) is 3.75. The lowest BCUT2D eigenvalue weighted by Gasteiger charge is -2.13. The van der Waals surface area contributed by atoms with Crippen LogP contribution in [0.15, 0.2) is 29.4 Å². The normalized spacial score (nSPS) is 11.4. The van der Waals surface area contributed by atoms with Crippen LogP contribution in [0.3, 0.4) is 0 Å². The van der Waals surface area contributed by atoms with Crippen LogP contribution < -0.4 is 14.9 Å². The number of amides is 1. The molecule has 0 aliphatic rings. The van der Waals surface area contributed by atoms with Gasteiger partial charge in [0.1, 0.15) is 0 Å². The number of fused-ring (bicyclic) bond motifs is 1. The first-order valence-corrected chi connectivity index (χ1v) is 8.76. The molecule has 2 aromatic heterocycles. The lowest BCUT2D eigenvalue weighted by atomic mass is 10.2. The van der Waals surface area contributed by atoms with Crippen molar-refractivity contribution in [1.82, 2.24) is 25.0 Å².